The summed E-state index contributed by atoms with van der Waals surface area (Å²) < 4.78 is 168. The van der Waals surface area contributed by atoms with Crippen LogP contribution in [0.25, 0.3) is 34.4 Å². The Kier molecular flexibility index (Phi) is 14.9. The molecule has 0 radical (unpaired) electrons. The molecule has 4 aromatic carbocycles. The van der Waals surface area contributed by atoms with Crippen molar-refractivity contribution in [1.82, 2.24) is 0 Å². The summed E-state index contributed by atoms with van der Waals surface area (Å²) in [5.74, 6) is -8.22. The van der Waals surface area contributed by atoms with Gasteiger partial charge >= 0.3 is 12.7 Å². The number of allylic oxidation sites excluding steroid dienone is 2. The lowest BCUT2D eigenvalue weighted by molar-refractivity contribution is -0.276. The molecule has 0 bridgehead atoms. The fourth-order valence-corrected chi connectivity index (χ4v) is 7.31. The smallest absolute Gasteiger partial charge is 0.403 e. The molecular weight excluding hydrogens is 800 g/mol. The molecule has 0 saturated heterocycles. The van der Waals surface area contributed by atoms with Crippen LogP contribution in [-0.4, -0.2) is 12.7 Å². The number of ether oxygens (including phenoxy) is 2. The monoisotopic (exact) mass is 842 g/mol. The average molecular weight is 843 g/mol. The molecule has 2 nitrogen and oxygen atoms in total. The number of alkyl halides is 6. The second-order valence-corrected chi connectivity index (χ2v) is 14.5. The lowest BCUT2D eigenvalue weighted by Crippen LogP contribution is -2.18. The summed E-state index contributed by atoms with van der Waals surface area (Å²) >= 11 is 0. The van der Waals surface area contributed by atoms with Gasteiger partial charge in [0.05, 0.1) is 11.1 Å². The van der Waals surface area contributed by atoms with Gasteiger partial charge in [0.1, 0.15) is 23.3 Å². The SMILES string of the molecule is CCCCCC1=Cc2cc(F)c(-c3ccc(OC(F)(F)F)c(F)c3)c(F)c2CC1.CCCCCCC1=Cc2cc(F)c(-c3ccc(OC(F)(F)F)c(F)c3)c(F)c2CC1. The van der Waals surface area contributed by atoms with Gasteiger partial charge in [0.2, 0.25) is 0 Å². The molecule has 0 amide bonds. The molecule has 2 aliphatic carbocycles. The van der Waals surface area contributed by atoms with Crippen LogP contribution in [0.2, 0.25) is 0 Å². The predicted octanol–water partition coefficient (Wildman–Crippen LogP) is 15.5. The summed E-state index contributed by atoms with van der Waals surface area (Å²) in [6.07, 6.45) is 4.97. The maximum atomic E-state index is 15.1. The number of unbranched alkanes of at least 4 members (excludes halogenated alkanes) is 5. The highest BCUT2D eigenvalue weighted by atomic mass is 19.4. The largest absolute Gasteiger partial charge is 0.573 e. The van der Waals surface area contributed by atoms with E-state index in [2.05, 4.69) is 23.3 Å². The topological polar surface area (TPSA) is 18.5 Å². The Bertz CT molecular complexity index is 2180. The van der Waals surface area contributed by atoms with Crippen molar-refractivity contribution in [3.05, 3.63) is 117 Å². The molecule has 0 unspecified atom stereocenters. The summed E-state index contributed by atoms with van der Waals surface area (Å²) in [5.41, 5.74) is 2.58. The number of halogens is 12. The molecule has 0 fully saturated rings. The van der Waals surface area contributed by atoms with E-state index < -0.39 is 70.3 Å². The lowest BCUT2D eigenvalue weighted by Gasteiger charge is -2.20. The molecule has 2 aliphatic rings. The van der Waals surface area contributed by atoms with Crippen LogP contribution in [0.15, 0.2) is 59.7 Å². The third-order valence-electron chi connectivity index (χ3n) is 10.2. The minimum Gasteiger partial charge on any atom is -0.403 e. The summed E-state index contributed by atoms with van der Waals surface area (Å²) in [7, 11) is 0. The van der Waals surface area contributed by atoms with E-state index in [1.54, 1.807) is 6.08 Å². The van der Waals surface area contributed by atoms with Gasteiger partial charge in [0.15, 0.2) is 23.1 Å². The van der Waals surface area contributed by atoms with Gasteiger partial charge in [0, 0.05) is 0 Å². The summed E-state index contributed by atoms with van der Waals surface area (Å²) in [4.78, 5) is 0. The van der Waals surface area contributed by atoms with E-state index in [4.69, 9.17) is 0 Å². The fourth-order valence-electron chi connectivity index (χ4n) is 7.31. The molecule has 4 aromatic rings. The lowest BCUT2D eigenvalue weighted by atomic mass is 9.87. The van der Waals surface area contributed by atoms with Crippen LogP contribution in [0.4, 0.5) is 52.7 Å². The first kappa shape index (κ1) is 45.2. The van der Waals surface area contributed by atoms with Crippen LogP contribution in [-0.2, 0) is 12.8 Å². The average Bonchev–Trinajstić information content (AvgIpc) is 3.15. The standard InChI is InChI=1S/C23H22F6O.C22H20F6O/c1-2-3-4-5-6-14-7-9-17-16(11-14)13-19(25)21(22(17)26)15-8-10-20(18(24)12-15)30-23(27,28)29;1-2-3-4-5-13-6-8-16-15(10-13)12-18(24)20(21(16)25)14-7-9-19(17(23)11-14)29-22(26,27)28/h8,10-13H,2-7,9H2,1H3;7,9-12H,2-6,8H2,1H3. The molecule has 0 saturated carbocycles. The second-order valence-electron chi connectivity index (χ2n) is 14.5. The summed E-state index contributed by atoms with van der Waals surface area (Å²) in [6, 6.07) is 7.13. The minimum absolute atomic E-state index is 0.186. The van der Waals surface area contributed by atoms with Crippen molar-refractivity contribution in [2.75, 3.05) is 0 Å². The molecule has 6 rings (SSSR count). The highest BCUT2D eigenvalue weighted by Gasteiger charge is 2.34. The molecule has 0 aliphatic heterocycles. The van der Waals surface area contributed by atoms with Crippen LogP contribution >= 0.6 is 0 Å². The van der Waals surface area contributed by atoms with Gasteiger partial charge in [0.25, 0.3) is 0 Å². The highest BCUT2D eigenvalue weighted by molar-refractivity contribution is 5.73. The van der Waals surface area contributed by atoms with Crippen LogP contribution in [0.1, 0.15) is 107 Å². The molecule has 59 heavy (non-hydrogen) atoms. The van der Waals surface area contributed by atoms with E-state index in [0.717, 1.165) is 81.1 Å². The number of hydrogen-bond donors (Lipinski definition) is 0. The first-order valence-electron chi connectivity index (χ1n) is 19.4. The van der Waals surface area contributed by atoms with Gasteiger partial charge in [-0.25, -0.2) is 26.3 Å². The fraction of sp³-hybridized carbons (Fsp3) is 0.378. The van der Waals surface area contributed by atoms with Crippen LogP contribution < -0.4 is 9.47 Å². The van der Waals surface area contributed by atoms with Gasteiger partial charge < -0.3 is 9.47 Å². The first-order valence-corrected chi connectivity index (χ1v) is 19.4. The van der Waals surface area contributed by atoms with Crippen molar-refractivity contribution in [3.8, 4) is 33.8 Å². The Labute approximate surface area is 334 Å². The second kappa shape index (κ2) is 19.5. The van der Waals surface area contributed by atoms with Crippen LogP contribution in [0.3, 0.4) is 0 Å². The normalized spacial score (nSPS) is 13.8. The van der Waals surface area contributed by atoms with Gasteiger partial charge in [-0.1, -0.05) is 81.4 Å². The summed E-state index contributed by atoms with van der Waals surface area (Å²) in [5, 5.41) is 0. The molecule has 318 valence electrons. The Balaban J connectivity index is 0.000000224. The molecule has 0 N–H and O–H groups in total. The van der Waals surface area contributed by atoms with Crippen molar-refractivity contribution in [2.45, 2.75) is 110 Å². The Morgan fingerprint density at radius 2 is 0.864 bits per heavy atom. The van der Waals surface area contributed by atoms with E-state index >= 15 is 8.78 Å². The van der Waals surface area contributed by atoms with E-state index in [0.29, 0.717) is 72.2 Å². The Morgan fingerprint density at radius 1 is 0.475 bits per heavy atom. The number of fused-ring (bicyclic) bond motifs is 2. The van der Waals surface area contributed by atoms with E-state index in [1.807, 2.05) is 6.08 Å². The van der Waals surface area contributed by atoms with Gasteiger partial charge in [-0.15, -0.1) is 26.3 Å². The van der Waals surface area contributed by atoms with Gasteiger partial charge in [-0.05, 0) is 121 Å². The Hall–Kier alpha value is -4.88. The molecular formula is C45H42F12O2. The maximum absolute atomic E-state index is 15.1. The first-order chi connectivity index (χ1) is 27.9. The summed E-state index contributed by atoms with van der Waals surface area (Å²) in [6.45, 7) is 4.23. The van der Waals surface area contributed by atoms with E-state index in [1.165, 1.54) is 12.1 Å². The quantitative estimate of drug-likeness (QED) is 0.0986. The minimum atomic E-state index is -5.06. The van der Waals surface area contributed by atoms with E-state index in [9.17, 15) is 43.9 Å². The third-order valence-corrected chi connectivity index (χ3v) is 10.2. The van der Waals surface area contributed by atoms with Crippen molar-refractivity contribution < 1.29 is 62.2 Å². The molecule has 0 aromatic heterocycles. The highest BCUT2D eigenvalue weighted by Crippen LogP contribution is 2.39. The number of hydrogen-bond acceptors (Lipinski definition) is 2. The van der Waals surface area contributed by atoms with Crippen LogP contribution in [0, 0.1) is 34.9 Å². The number of benzene rings is 4. The molecule has 0 atom stereocenters. The van der Waals surface area contributed by atoms with Crippen molar-refractivity contribution in [3.63, 3.8) is 0 Å². The number of rotatable bonds is 13. The zero-order chi connectivity index (χ0) is 43.1. The van der Waals surface area contributed by atoms with Crippen molar-refractivity contribution >= 4 is 12.2 Å². The van der Waals surface area contributed by atoms with Crippen molar-refractivity contribution in [1.29, 1.82) is 0 Å². The van der Waals surface area contributed by atoms with Gasteiger partial charge in [-0.3, -0.25) is 0 Å². The predicted molar refractivity (Wildman–Crippen MR) is 202 cm³/mol. The Morgan fingerprint density at radius 3 is 1.24 bits per heavy atom. The molecule has 0 spiro atoms. The molecule has 0 heterocycles. The zero-order valence-electron chi connectivity index (χ0n) is 32.3. The maximum Gasteiger partial charge on any atom is 0.573 e. The zero-order valence-corrected chi connectivity index (χ0v) is 32.3. The van der Waals surface area contributed by atoms with E-state index in [-0.39, 0.29) is 11.1 Å². The molecule has 14 heteroatoms. The van der Waals surface area contributed by atoms with Crippen LogP contribution in [0.5, 0.6) is 11.5 Å². The third kappa shape index (κ3) is 11.9. The van der Waals surface area contributed by atoms with Crippen molar-refractivity contribution in [2.24, 2.45) is 0 Å². The van der Waals surface area contributed by atoms with Gasteiger partial charge in [-0.2, -0.15) is 0 Å².